The Balaban J connectivity index is 1.79. The number of carbonyl (C=O) groups is 1. The molecule has 0 saturated carbocycles. The maximum atomic E-state index is 13.0. The summed E-state index contributed by atoms with van der Waals surface area (Å²) in [6.07, 6.45) is 0.921. The van der Waals surface area contributed by atoms with Gasteiger partial charge >= 0.3 is 0 Å². The van der Waals surface area contributed by atoms with Crippen LogP contribution in [0, 0.1) is 13.8 Å². The van der Waals surface area contributed by atoms with Crippen molar-refractivity contribution >= 4 is 16.7 Å². The van der Waals surface area contributed by atoms with Gasteiger partial charge in [-0.2, -0.15) is 0 Å². The molecule has 0 aliphatic heterocycles. The first-order chi connectivity index (χ1) is 13.5. The Morgan fingerprint density at radius 2 is 1.71 bits per heavy atom. The van der Waals surface area contributed by atoms with E-state index in [9.17, 15) is 4.79 Å². The summed E-state index contributed by atoms with van der Waals surface area (Å²) in [7, 11) is 0. The van der Waals surface area contributed by atoms with Gasteiger partial charge in [0.15, 0.2) is 6.10 Å². The molecule has 0 fully saturated rings. The Morgan fingerprint density at radius 1 is 0.964 bits per heavy atom. The molecule has 0 saturated heterocycles. The third-order valence-corrected chi connectivity index (χ3v) is 5.21. The summed E-state index contributed by atoms with van der Waals surface area (Å²) < 4.78 is 6.16. The van der Waals surface area contributed by atoms with Gasteiger partial charge in [-0.25, -0.2) is 0 Å². The lowest BCUT2D eigenvalue weighted by Crippen LogP contribution is -2.40. The van der Waals surface area contributed by atoms with Crippen molar-refractivity contribution in [3.05, 3.63) is 77.4 Å². The van der Waals surface area contributed by atoms with Crippen LogP contribution in [-0.4, -0.2) is 12.0 Å². The van der Waals surface area contributed by atoms with Crippen molar-refractivity contribution in [2.75, 3.05) is 0 Å². The van der Waals surface area contributed by atoms with Crippen LogP contribution in [0.15, 0.2) is 60.7 Å². The van der Waals surface area contributed by atoms with Gasteiger partial charge in [0.1, 0.15) is 5.75 Å². The number of hydrogen-bond donors (Lipinski definition) is 1. The fraction of sp³-hybridized carbons (Fsp3) is 0.320. The first kappa shape index (κ1) is 19.9. The van der Waals surface area contributed by atoms with Crippen LogP contribution < -0.4 is 10.1 Å². The van der Waals surface area contributed by atoms with Crippen molar-refractivity contribution in [2.45, 2.75) is 52.7 Å². The van der Waals surface area contributed by atoms with Crippen molar-refractivity contribution < 1.29 is 9.53 Å². The van der Waals surface area contributed by atoms with E-state index in [2.05, 4.69) is 56.4 Å². The molecule has 2 atom stereocenters. The molecule has 3 rings (SSSR count). The Labute approximate surface area is 167 Å². The average molecular weight is 376 g/mol. The van der Waals surface area contributed by atoms with Gasteiger partial charge < -0.3 is 10.1 Å². The summed E-state index contributed by atoms with van der Waals surface area (Å²) in [6, 6.07) is 20.4. The van der Waals surface area contributed by atoms with Crippen LogP contribution in [0.25, 0.3) is 10.8 Å². The van der Waals surface area contributed by atoms with E-state index in [4.69, 9.17) is 4.74 Å². The molecule has 0 aromatic heterocycles. The number of hydrogen-bond acceptors (Lipinski definition) is 2. The van der Waals surface area contributed by atoms with E-state index in [-0.39, 0.29) is 11.9 Å². The summed E-state index contributed by atoms with van der Waals surface area (Å²) in [4.78, 5) is 13.0. The first-order valence-corrected chi connectivity index (χ1v) is 10.1. The number of rotatable bonds is 7. The number of benzene rings is 3. The molecule has 0 aliphatic carbocycles. The largest absolute Gasteiger partial charge is 0.480 e. The molecular weight excluding hydrogens is 346 g/mol. The molecule has 0 radical (unpaired) electrons. The number of aryl methyl sites for hydroxylation is 2. The molecule has 1 N–H and O–H groups in total. The average Bonchev–Trinajstić information content (AvgIpc) is 2.70. The molecule has 0 heterocycles. The molecule has 3 aromatic rings. The fourth-order valence-electron chi connectivity index (χ4n) is 3.65. The molecule has 3 nitrogen and oxygen atoms in total. The number of nitrogens with one attached hydrogen (secondary N) is 1. The third-order valence-electron chi connectivity index (χ3n) is 5.21. The zero-order valence-electron chi connectivity index (χ0n) is 17.2. The minimum absolute atomic E-state index is 0.0155. The molecule has 3 aromatic carbocycles. The Kier molecular flexibility index (Phi) is 6.35. The third kappa shape index (κ3) is 4.36. The quantitative estimate of drug-likeness (QED) is 0.560. The molecule has 0 aliphatic rings. The van der Waals surface area contributed by atoms with Crippen molar-refractivity contribution in [1.82, 2.24) is 5.32 Å². The lowest BCUT2D eigenvalue weighted by Gasteiger charge is -2.24. The second-order valence-corrected chi connectivity index (χ2v) is 7.32. The van der Waals surface area contributed by atoms with Crippen molar-refractivity contribution in [3.8, 4) is 5.75 Å². The normalized spacial score (nSPS) is 13.1. The van der Waals surface area contributed by atoms with Gasteiger partial charge in [-0.3, -0.25) is 4.79 Å². The highest BCUT2D eigenvalue weighted by Gasteiger charge is 2.23. The van der Waals surface area contributed by atoms with E-state index < -0.39 is 6.10 Å². The second kappa shape index (κ2) is 8.92. The monoisotopic (exact) mass is 375 g/mol. The maximum Gasteiger partial charge on any atom is 0.261 e. The van der Waals surface area contributed by atoms with Crippen LogP contribution in [-0.2, 0) is 4.79 Å². The van der Waals surface area contributed by atoms with Crippen LogP contribution >= 0.6 is 0 Å². The summed E-state index contributed by atoms with van der Waals surface area (Å²) in [5, 5.41) is 5.33. The van der Waals surface area contributed by atoms with E-state index in [1.54, 1.807) is 0 Å². The number of fused-ring (bicyclic) bond motifs is 1. The highest BCUT2D eigenvalue weighted by molar-refractivity contribution is 5.89. The Bertz CT molecular complexity index is 958. The van der Waals surface area contributed by atoms with Gasteiger partial charge in [0.2, 0.25) is 0 Å². The molecular formula is C25H29NO2. The number of amides is 1. The SMILES string of the molecule is CC[C@H](Oc1cccc2ccccc12)C(=O)N[C@@H](CC)c1ccc(C)cc1C. The van der Waals surface area contributed by atoms with E-state index >= 15 is 0 Å². The van der Waals surface area contributed by atoms with Crippen molar-refractivity contribution in [2.24, 2.45) is 0 Å². The van der Waals surface area contributed by atoms with E-state index in [0.717, 1.165) is 22.9 Å². The van der Waals surface area contributed by atoms with Crippen molar-refractivity contribution in [3.63, 3.8) is 0 Å². The zero-order chi connectivity index (χ0) is 20.1. The number of ether oxygens (including phenoxy) is 1. The Hall–Kier alpha value is -2.81. The van der Waals surface area contributed by atoms with E-state index in [1.807, 2.05) is 37.3 Å². The van der Waals surface area contributed by atoms with Crippen molar-refractivity contribution in [1.29, 1.82) is 0 Å². The predicted octanol–water partition coefficient (Wildman–Crippen LogP) is 5.88. The molecule has 1 amide bonds. The molecule has 0 bridgehead atoms. The molecule has 0 spiro atoms. The summed E-state index contributed by atoms with van der Waals surface area (Å²) in [5.74, 6) is 0.682. The van der Waals surface area contributed by atoms with Gasteiger partial charge in [-0.05, 0) is 49.3 Å². The lowest BCUT2D eigenvalue weighted by atomic mass is 9.97. The zero-order valence-corrected chi connectivity index (χ0v) is 17.2. The second-order valence-electron chi connectivity index (χ2n) is 7.32. The lowest BCUT2D eigenvalue weighted by molar-refractivity contribution is -0.128. The first-order valence-electron chi connectivity index (χ1n) is 10.1. The minimum atomic E-state index is -0.523. The molecule has 0 unspecified atom stereocenters. The smallest absolute Gasteiger partial charge is 0.261 e. The van der Waals surface area contributed by atoms with Crippen LogP contribution in [0.3, 0.4) is 0 Å². The van der Waals surface area contributed by atoms with E-state index in [0.29, 0.717) is 6.42 Å². The van der Waals surface area contributed by atoms with Gasteiger partial charge in [-0.1, -0.05) is 74.0 Å². The topological polar surface area (TPSA) is 38.3 Å². The van der Waals surface area contributed by atoms with E-state index in [1.165, 1.54) is 16.7 Å². The Morgan fingerprint density at radius 3 is 2.43 bits per heavy atom. The molecule has 146 valence electrons. The van der Waals surface area contributed by atoms with Gasteiger partial charge in [-0.15, -0.1) is 0 Å². The summed E-state index contributed by atoms with van der Waals surface area (Å²) in [6.45, 7) is 8.26. The van der Waals surface area contributed by atoms with Gasteiger partial charge in [0, 0.05) is 5.39 Å². The predicted molar refractivity (Wildman–Crippen MR) is 116 cm³/mol. The number of carbonyl (C=O) groups excluding carboxylic acids is 1. The maximum absolute atomic E-state index is 13.0. The molecule has 28 heavy (non-hydrogen) atoms. The van der Waals surface area contributed by atoms with Crippen LogP contribution in [0.5, 0.6) is 5.75 Å². The highest BCUT2D eigenvalue weighted by atomic mass is 16.5. The van der Waals surface area contributed by atoms with Gasteiger partial charge in [0.05, 0.1) is 6.04 Å². The van der Waals surface area contributed by atoms with Gasteiger partial charge in [0.25, 0.3) is 5.91 Å². The fourth-order valence-corrected chi connectivity index (χ4v) is 3.65. The summed E-state index contributed by atoms with van der Waals surface area (Å²) in [5.41, 5.74) is 3.60. The summed E-state index contributed by atoms with van der Waals surface area (Å²) >= 11 is 0. The molecule has 3 heteroatoms. The van der Waals surface area contributed by atoms with Crippen LogP contribution in [0.1, 0.15) is 49.4 Å². The van der Waals surface area contributed by atoms with Crippen LogP contribution in [0.2, 0.25) is 0 Å². The van der Waals surface area contributed by atoms with Crippen LogP contribution in [0.4, 0.5) is 0 Å². The standard InChI is InChI=1S/C25H29NO2/c1-5-22(20-15-14-17(3)16-18(20)4)26-25(27)23(6-2)28-24-13-9-11-19-10-7-8-12-21(19)24/h7-16,22-23H,5-6H2,1-4H3,(H,26,27)/t22-,23-/m0/s1. The minimum Gasteiger partial charge on any atom is -0.480 e. The highest BCUT2D eigenvalue weighted by Crippen LogP contribution is 2.27.